The predicted molar refractivity (Wildman–Crippen MR) is 108 cm³/mol. The maximum atomic E-state index is 13.3. The van der Waals surface area contributed by atoms with Crippen molar-refractivity contribution in [1.82, 2.24) is 0 Å². The van der Waals surface area contributed by atoms with Crippen molar-refractivity contribution in [1.29, 1.82) is 0 Å². The lowest BCUT2D eigenvalue weighted by molar-refractivity contribution is -0.137. The van der Waals surface area contributed by atoms with Gasteiger partial charge in [0.15, 0.2) is 5.66 Å². The molecule has 0 saturated heterocycles. The first kappa shape index (κ1) is 25.6. The van der Waals surface area contributed by atoms with Crippen LogP contribution in [0.2, 0.25) is 0 Å². The number of rotatable bonds is 17. The smallest absolute Gasteiger partial charge is 0.344 e. The second kappa shape index (κ2) is 14.6. The SMILES string of the molecule is CCCCC(CC)COP(=O)(OCC(CC)CCCC)C(CC)C(=O)O. The minimum atomic E-state index is -3.68. The summed E-state index contributed by atoms with van der Waals surface area (Å²) in [6.07, 6.45) is 8.51. The van der Waals surface area contributed by atoms with E-state index in [0.29, 0.717) is 25.0 Å². The van der Waals surface area contributed by atoms with Gasteiger partial charge >= 0.3 is 13.6 Å². The highest BCUT2D eigenvalue weighted by Crippen LogP contribution is 2.55. The molecule has 0 heterocycles. The molecular formula is C20H41O5P. The Bertz CT molecular complexity index is 389. The predicted octanol–water partition coefficient (Wildman–Crippen LogP) is 6.51. The molecule has 156 valence electrons. The van der Waals surface area contributed by atoms with Crippen LogP contribution in [0, 0.1) is 11.8 Å². The van der Waals surface area contributed by atoms with Crippen molar-refractivity contribution in [3.63, 3.8) is 0 Å². The molecule has 26 heavy (non-hydrogen) atoms. The molecule has 0 saturated carbocycles. The molecule has 0 aliphatic carbocycles. The molecule has 0 aromatic heterocycles. The Morgan fingerprint density at radius 3 is 1.54 bits per heavy atom. The maximum Gasteiger partial charge on any atom is 0.344 e. The Morgan fingerprint density at radius 2 is 1.27 bits per heavy atom. The third-order valence-corrected chi connectivity index (χ3v) is 7.49. The zero-order valence-corrected chi connectivity index (χ0v) is 18.4. The number of hydrogen-bond acceptors (Lipinski definition) is 4. The van der Waals surface area contributed by atoms with Crippen LogP contribution in [0.5, 0.6) is 0 Å². The highest BCUT2D eigenvalue weighted by atomic mass is 31.2. The van der Waals surface area contributed by atoms with Gasteiger partial charge < -0.3 is 14.2 Å². The van der Waals surface area contributed by atoms with E-state index < -0.39 is 19.2 Å². The largest absolute Gasteiger partial charge is 0.481 e. The summed E-state index contributed by atoms with van der Waals surface area (Å²) < 4.78 is 24.8. The fourth-order valence-corrected chi connectivity index (χ4v) is 4.95. The first-order chi connectivity index (χ1) is 12.4. The zero-order chi connectivity index (χ0) is 20.0. The molecule has 0 aromatic rings. The van der Waals surface area contributed by atoms with Gasteiger partial charge in [-0.2, -0.15) is 0 Å². The van der Waals surface area contributed by atoms with E-state index in [0.717, 1.165) is 51.4 Å². The summed E-state index contributed by atoms with van der Waals surface area (Å²) in [5, 5.41) is 9.50. The monoisotopic (exact) mass is 392 g/mol. The minimum Gasteiger partial charge on any atom is -0.481 e. The number of carboxylic acid groups (broad SMARTS) is 1. The molecule has 0 rings (SSSR count). The van der Waals surface area contributed by atoms with Crippen LogP contribution in [0.15, 0.2) is 0 Å². The van der Waals surface area contributed by atoms with Crippen LogP contribution in [0.3, 0.4) is 0 Å². The topological polar surface area (TPSA) is 72.8 Å². The van der Waals surface area contributed by atoms with Crippen molar-refractivity contribution in [2.45, 2.75) is 98.1 Å². The summed E-state index contributed by atoms with van der Waals surface area (Å²) in [5.74, 6) is -0.514. The lowest BCUT2D eigenvalue weighted by Crippen LogP contribution is -2.25. The molecule has 0 fully saturated rings. The molecule has 6 heteroatoms. The van der Waals surface area contributed by atoms with Gasteiger partial charge in [0, 0.05) is 0 Å². The fraction of sp³-hybridized carbons (Fsp3) is 0.950. The van der Waals surface area contributed by atoms with Crippen LogP contribution in [-0.2, 0) is 18.4 Å². The van der Waals surface area contributed by atoms with Crippen molar-refractivity contribution in [2.75, 3.05) is 13.2 Å². The van der Waals surface area contributed by atoms with Crippen LogP contribution in [-0.4, -0.2) is 29.9 Å². The Morgan fingerprint density at radius 1 is 0.846 bits per heavy atom. The van der Waals surface area contributed by atoms with Gasteiger partial charge in [-0.15, -0.1) is 0 Å². The lowest BCUT2D eigenvalue weighted by Gasteiger charge is -2.27. The Balaban J connectivity index is 5.05. The van der Waals surface area contributed by atoms with Crippen molar-refractivity contribution in [2.24, 2.45) is 11.8 Å². The van der Waals surface area contributed by atoms with E-state index >= 15 is 0 Å². The fourth-order valence-electron chi connectivity index (χ4n) is 2.97. The molecule has 1 N–H and O–H groups in total. The van der Waals surface area contributed by atoms with Crippen LogP contribution < -0.4 is 0 Å². The van der Waals surface area contributed by atoms with Crippen LogP contribution in [0.25, 0.3) is 0 Å². The number of hydrogen-bond donors (Lipinski definition) is 1. The van der Waals surface area contributed by atoms with E-state index in [1.807, 2.05) is 0 Å². The Labute approximate surface area is 160 Å². The molecule has 3 unspecified atom stereocenters. The highest BCUT2D eigenvalue weighted by Gasteiger charge is 2.41. The number of carbonyl (C=O) groups is 1. The van der Waals surface area contributed by atoms with E-state index in [4.69, 9.17) is 9.05 Å². The molecule has 0 amide bonds. The van der Waals surface area contributed by atoms with Gasteiger partial charge in [-0.05, 0) is 31.1 Å². The van der Waals surface area contributed by atoms with Gasteiger partial charge in [-0.25, -0.2) is 0 Å². The van der Waals surface area contributed by atoms with Crippen molar-refractivity contribution in [3.05, 3.63) is 0 Å². The molecule has 0 spiro atoms. The average molecular weight is 393 g/mol. The van der Waals surface area contributed by atoms with Crippen LogP contribution >= 0.6 is 7.60 Å². The minimum absolute atomic E-state index is 0.240. The quantitative estimate of drug-likeness (QED) is 0.286. The maximum absolute atomic E-state index is 13.3. The summed E-state index contributed by atoms with van der Waals surface area (Å²) >= 11 is 0. The van der Waals surface area contributed by atoms with E-state index in [9.17, 15) is 14.5 Å². The van der Waals surface area contributed by atoms with Gasteiger partial charge in [0.2, 0.25) is 0 Å². The van der Waals surface area contributed by atoms with E-state index in [2.05, 4.69) is 27.7 Å². The first-order valence-electron chi connectivity index (χ1n) is 10.5. The van der Waals surface area contributed by atoms with Gasteiger partial charge in [0.1, 0.15) is 0 Å². The average Bonchev–Trinajstić information content (AvgIpc) is 2.62. The van der Waals surface area contributed by atoms with Crippen molar-refractivity contribution < 1.29 is 23.5 Å². The van der Waals surface area contributed by atoms with Crippen molar-refractivity contribution in [3.8, 4) is 0 Å². The summed E-state index contributed by atoms with van der Waals surface area (Å²) in [4.78, 5) is 11.6. The summed E-state index contributed by atoms with van der Waals surface area (Å²) in [6, 6.07) is 0. The first-order valence-corrected chi connectivity index (χ1v) is 12.1. The molecule has 0 aliphatic heterocycles. The second-order valence-corrected chi connectivity index (χ2v) is 9.45. The Kier molecular flexibility index (Phi) is 14.4. The molecule has 0 aliphatic rings. The van der Waals surface area contributed by atoms with E-state index in [1.54, 1.807) is 6.92 Å². The van der Waals surface area contributed by atoms with Gasteiger partial charge in [0.25, 0.3) is 0 Å². The molecular weight excluding hydrogens is 351 g/mol. The van der Waals surface area contributed by atoms with Gasteiger partial charge in [-0.3, -0.25) is 9.36 Å². The molecule has 0 radical (unpaired) electrons. The zero-order valence-electron chi connectivity index (χ0n) is 17.5. The molecule has 5 nitrogen and oxygen atoms in total. The number of carboxylic acids is 1. The molecule has 3 atom stereocenters. The summed E-state index contributed by atoms with van der Waals surface area (Å²) in [7, 11) is -3.68. The summed E-state index contributed by atoms with van der Waals surface area (Å²) in [5.41, 5.74) is -1.09. The van der Waals surface area contributed by atoms with E-state index in [1.165, 1.54) is 0 Å². The standard InChI is InChI=1S/C20H41O5P/c1-6-11-13-17(8-3)15-24-26(23,19(10-5)20(21)22)25-16-18(9-4)14-12-7-2/h17-19H,6-16H2,1-5H3,(H,21,22). The second-order valence-electron chi connectivity index (χ2n) is 7.23. The molecule has 0 bridgehead atoms. The van der Waals surface area contributed by atoms with Gasteiger partial charge in [0.05, 0.1) is 13.2 Å². The third-order valence-electron chi connectivity index (χ3n) is 5.12. The van der Waals surface area contributed by atoms with Crippen LogP contribution in [0.1, 0.15) is 92.4 Å². The number of unbranched alkanes of at least 4 members (excludes halogenated alkanes) is 2. The van der Waals surface area contributed by atoms with Crippen LogP contribution in [0.4, 0.5) is 0 Å². The van der Waals surface area contributed by atoms with Crippen molar-refractivity contribution >= 4 is 13.6 Å². The highest BCUT2D eigenvalue weighted by molar-refractivity contribution is 7.55. The number of aliphatic carboxylic acids is 1. The molecule has 0 aromatic carbocycles. The normalized spacial score (nSPS) is 17.4. The summed E-state index contributed by atoms with van der Waals surface area (Å²) in [6.45, 7) is 10.8. The van der Waals surface area contributed by atoms with E-state index in [-0.39, 0.29) is 6.42 Å². The Hall–Kier alpha value is -0.380. The lowest BCUT2D eigenvalue weighted by atomic mass is 10.0. The third kappa shape index (κ3) is 9.53. The van der Waals surface area contributed by atoms with Gasteiger partial charge in [-0.1, -0.05) is 73.1 Å².